The minimum absolute atomic E-state index is 0.763. The Hall–Kier alpha value is -0.490. The molecule has 1 aromatic rings. The molecule has 0 spiro atoms. The number of rotatable bonds is 1. The minimum Gasteiger partial charge on any atom is -0.0843 e. The third-order valence-electron chi connectivity index (χ3n) is 1.80. The lowest BCUT2D eigenvalue weighted by Crippen LogP contribution is -1.76. The van der Waals surface area contributed by atoms with Crippen molar-refractivity contribution in [1.82, 2.24) is 0 Å². The van der Waals surface area contributed by atoms with Gasteiger partial charge in [0.25, 0.3) is 0 Å². The van der Waals surface area contributed by atoms with E-state index in [1.807, 2.05) is 18.2 Å². The van der Waals surface area contributed by atoms with Gasteiger partial charge in [-0.1, -0.05) is 17.7 Å². The molecule has 0 heterocycles. The molecule has 1 fully saturated rings. The smallest absolute Gasteiger partial charge is 0.0409 e. The normalized spacial score (nSPS) is 17.3. The quantitative estimate of drug-likeness (QED) is 0.579. The van der Waals surface area contributed by atoms with Crippen LogP contribution in [-0.2, 0) is 0 Å². The molecule has 10 heavy (non-hydrogen) atoms. The van der Waals surface area contributed by atoms with E-state index in [1.165, 1.54) is 18.4 Å². The molecule has 0 saturated heterocycles. The fourth-order valence-electron chi connectivity index (χ4n) is 1.09. The zero-order chi connectivity index (χ0) is 6.97. The van der Waals surface area contributed by atoms with Crippen molar-refractivity contribution in [2.45, 2.75) is 18.8 Å². The Morgan fingerprint density at radius 2 is 2.30 bits per heavy atom. The summed E-state index contributed by atoms with van der Waals surface area (Å²) in [5.74, 6) is 0.763. The van der Waals surface area contributed by atoms with Crippen molar-refractivity contribution in [3.8, 4) is 0 Å². The lowest BCUT2D eigenvalue weighted by Gasteiger charge is -1.95. The van der Waals surface area contributed by atoms with Crippen molar-refractivity contribution >= 4 is 11.6 Å². The molecule has 51 valence electrons. The average Bonchev–Trinajstić information content (AvgIpc) is 2.68. The van der Waals surface area contributed by atoms with Gasteiger partial charge in [0.2, 0.25) is 0 Å². The Morgan fingerprint density at radius 3 is 2.90 bits per heavy atom. The minimum atomic E-state index is 0.763. The van der Waals surface area contributed by atoms with E-state index in [0.717, 1.165) is 10.9 Å². The number of hydrogen-bond acceptors (Lipinski definition) is 0. The molecule has 0 atom stereocenters. The molecule has 1 heteroatoms. The van der Waals surface area contributed by atoms with Crippen molar-refractivity contribution in [3.05, 3.63) is 34.9 Å². The summed E-state index contributed by atoms with van der Waals surface area (Å²) in [6.45, 7) is 0. The maximum absolute atomic E-state index is 5.80. The Morgan fingerprint density at radius 1 is 1.50 bits per heavy atom. The second-order valence-corrected chi connectivity index (χ2v) is 3.17. The monoisotopic (exact) mass is 151 g/mol. The van der Waals surface area contributed by atoms with Gasteiger partial charge in [0.05, 0.1) is 0 Å². The highest BCUT2D eigenvalue weighted by Gasteiger charge is 2.23. The Bertz CT molecular complexity index is 238. The maximum Gasteiger partial charge on any atom is 0.0409 e. The molecule has 1 radical (unpaired) electrons. The average molecular weight is 152 g/mol. The summed E-state index contributed by atoms with van der Waals surface area (Å²) in [5, 5.41) is 0.834. The highest BCUT2D eigenvalue weighted by molar-refractivity contribution is 6.30. The molecular weight excluding hydrogens is 144 g/mol. The van der Waals surface area contributed by atoms with Crippen molar-refractivity contribution in [1.29, 1.82) is 0 Å². The van der Waals surface area contributed by atoms with E-state index >= 15 is 0 Å². The van der Waals surface area contributed by atoms with Crippen LogP contribution in [0.3, 0.4) is 0 Å². The van der Waals surface area contributed by atoms with E-state index in [-0.39, 0.29) is 0 Å². The third kappa shape index (κ3) is 1.17. The molecule has 0 unspecified atom stereocenters. The predicted molar refractivity (Wildman–Crippen MR) is 42.3 cm³/mol. The highest BCUT2D eigenvalue weighted by atomic mass is 35.5. The first-order valence-electron chi connectivity index (χ1n) is 3.53. The molecule has 2 rings (SSSR count). The van der Waals surface area contributed by atoms with Gasteiger partial charge in [-0.05, 0) is 42.5 Å². The number of benzene rings is 1. The second-order valence-electron chi connectivity index (χ2n) is 2.74. The van der Waals surface area contributed by atoms with Crippen molar-refractivity contribution in [3.63, 3.8) is 0 Å². The molecule has 0 nitrogen and oxygen atoms in total. The van der Waals surface area contributed by atoms with Crippen molar-refractivity contribution < 1.29 is 0 Å². The van der Waals surface area contributed by atoms with Crippen LogP contribution >= 0.6 is 11.6 Å². The summed E-state index contributed by atoms with van der Waals surface area (Å²) in [5.41, 5.74) is 1.28. The molecule has 0 aliphatic heterocycles. The number of halogens is 1. The van der Waals surface area contributed by atoms with E-state index < -0.39 is 0 Å². The van der Waals surface area contributed by atoms with E-state index in [1.54, 1.807) is 0 Å². The molecule has 1 aromatic carbocycles. The van der Waals surface area contributed by atoms with E-state index in [0.29, 0.717) is 0 Å². The van der Waals surface area contributed by atoms with Crippen LogP contribution in [0.5, 0.6) is 0 Å². The van der Waals surface area contributed by atoms with E-state index in [9.17, 15) is 0 Å². The van der Waals surface area contributed by atoms with Crippen LogP contribution < -0.4 is 0 Å². The van der Waals surface area contributed by atoms with E-state index in [2.05, 4.69) is 6.07 Å². The fraction of sp³-hybridized carbons (Fsp3) is 0.333. The summed E-state index contributed by atoms with van der Waals surface area (Å²) in [7, 11) is 0. The van der Waals surface area contributed by atoms with Crippen LogP contribution in [0.2, 0.25) is 5.02 Å². The first-order chi connectivity index (χ1) is 4.86. The maximum atomic E-state index is 5.80. The Balaban J connectivity index is 2.32. The molecule has 0 bridgehead atoms. The lowest BCUT2D eigenvalue weighted by atomic mass is 10.1. The molecule has 0 N–H and O–H groups in total. The van der Waals surface area contributed by atoms with Crippen LogP contribution in [0.1, 0.15) is 24.3 Å². The third-order valence-corrected chi connectivity index (χ3v) is 2.04. The van der Waals surface area contributed by atoms with Gasteiger partial charge in [-0.3, -0.25) is 0 Å². The number of hydrogen-bond donors (Lipinski definition) is 0. The summed E-state index contributed by atoms with van der Waals surface area (Å²) in [6.07, 6.45) is 2.63. The van der Waals surface area contributed by atoms with Gasteiger partial charge in [-0.15, -0.1) is 0 Å². The zero-order valence-corrected chi connectivity index (χ0v) is 6.36. The van der Waals surface area contributed by atoms with Gasteiger partial charge in [-0.2, -0.15) is 0 Å². The first-order valence-corrected chi connectivity index (χ1v) is 3.91. The largest absolute Gasteiger partial charge is 0.0843 e. The summed E-state index contributed by atoms with van der Waals surface area (Å²) in [6, 6.07) is 8.97. The summed E-state index contributed by atoms with van der Waals surface area (Å²) in [4.78, 5) is 0. The van der Waals surface area contributed by atoms with Gasteiger partial charge in [-0.25, -0.2) is 0 Å². The molecular formula is C9H8Cl. The molecule has 1 saturated carbocycles. The van der Waals surface area contributed by atoms with Crippen LogP contribution in [-0.4, -0.2) is 0 Å². The Labute approximate surface area is 65.8 Å². The van der Waals surface area contributed by atoms with Crippen LogP contribution in [0, 0.1) is 6.07 Å². The fourth-order valence-corrected chi connectivity index (χ4v) is 1.27. The molecule has 0 amide bonds. The van der Waals surface area contributed by atoms with Crippen LogP contribution in [0.4, 0.5) is 0 Å². The van der Waals surface area contributed by atoms with Crippen LogP contribution in [0.15, 0.2) is 18.2 Å². The molecule has 1 aliphatic rings. The van der Waals surface area contributed by atoms with E-state index in [4.69, 9.17) is 11.6 Å². The van der Waals surface area contributed by atoms with Crippen molar-refractivity contribution in [2.75, 3.05) is 0 Å². The summed E-state index contributed by atoms with van der Waals surface area (Å²) >= 11 is 5.80. The predicted octanol–water partition coefficient (Wildman–Crippen LogP) is 3.02. The Kier molecular flexibility index (Phi) is 1.42. The molecule has 0 aromatic heterocycles. The summed E-state index contributed by atoms with van der Waals surface area (Å²) < 4.78 is 0. The molecule has 1 aliphatic carbocycles. The standard InChI is InChI=1S/C9H8Cl/c10-9-3-1-2-8(6-9)7-4-5-7/h1,3,6-7H,4-5H2. The van der Waals surface area contributed by atoms with Crippen LogP contribution in [0.25, 0.3) is 0 Å². The van der Waals surface area contributed by atoms with Crippen molar-refractivity contribution in [2.24, 2.45) is 0 Å². The topological polar surface area (TPSA) is 0 Å². The van der Waals surface area contributed by atoms with Gasteiger partial charge in [0.15, 0.2) is 0 Å². The zero-order valence-electron chi connectivity index (χ0n) is 5.60. The SMILES string of the molecule is Clc1cc[c]c(C2CC2)c1. The first kappa shape index (κ1) is 6.23. The van der Waals surface area contributed by atoms with Gasteiger partial charge in [0, 0.05) is 5.02 Å². The van der Waals surface area contributed by atoms with Gasteiger partial charge >= 0.3 is 0 Å². The van der Waals surface area contributed by atoms with Gasteiger partial charge in [0.1, 0.15) is 0 Å². The highest BCUT2D eigenvalue weighted by Crippen LogP contribution is 2.40. The van der Waals surface area contributed by atoms with Gasteiger partial charge < -0.3 is 0 Å². The second kappa shape index (κ2) is 2.28. The lowest BCUT2D eigenvalue weighted by molar-refractivity contribution is 1.13.